The maximum absolute atomic E-state index is 5.52. The van der Waals surface area contributed by atoms with E-state index >= 15 is 0 Å². The standard InChI is InChI=1S/C18H17N5O3/c1-24-13-5-2-11(3-6-13)14-9-15(23-18(19-14)20-21-22-23)12-4-7-16-17(8-12)26-10-25-16/h2-8,14-15H,9-10H2,1H3,(H,19,20,22)/t14-,15-/m0/s1. The molecular formula is C18H17N5O3. The van der Waals surface area contributed by atoms with Gasteiger partial charge >= 0.3 is 0 Å². The van der Waals surface area contributed by atoms with E-state index in [0.29, 0.717) is 5.95 Å². The minimum absolute atomic E-state index is 0.00264. The number of anilines is 1. The first-order valence-corrected chi connectivity index (χ1v) is 8.40. The molecule has 0 unspecified atom stereocenters. The zero-order valence-corrected chi connectivity index (χ0v) is 14.1. The largest absolute Gasteiger partial charge is 0.497 e. The molecule has 3 heterocycles. The van der Waals surface area contributed by atoms with Crippen molar-refractivity contribution in [3.8, 4) is 17.2 Å². The van der Waals surface area contributed by atoms with Crippen molar-refractivity contribution < 1.29 is 14.2 Å². The molecule has 1 aromatic heterocycles. The van der Waals surface area contributed by atoms with Crippen molar-refractivity contribution in [1.29, 1.82) is 0 Å². The molecule has 0 aliphatic carbocycles. The summed E-state index contributed by atoms with van der Waals surface area (Å²) in [6, 6.07) is 14.1. The number of hydrogen-bond acceptors (Lipinski definition) is 7. The minimum Gasteiger partial charge on any atom is -0.497 e. The van der Waals surface area contributed by atoms with Crippen LogP contribution in [0.5, 0.6) is 17.2 Å². The van der Waals surface area contributed by atoms with Crippen LogP contribution < -0.4 is 19.5 Å². The van der Waals surface area contributed by atoms with Gasteiger partial charge in [0.25, 0.3) is 0 Å². The van der Waals surface area contributed by atoms with Crippen molar-refractivity contribution in [2.45, 2.75) is 18.5 Å². The molecular weight excluding hydrogens is 334 g/mol. The molecule has 2 aliphatic rings. The fourth-order valence-corrected chi connectivity index (χ4v) is 3.49. The third-order valence-corrected chi connectivity index (χ3v) is 4.85. The van der Waals surface area contributed by atoms with Gasteiger partial charge in [0.2, 0.25) is 12.7 Å². The monoisotopic (exact) mass is 351 g/mol. The summed E-state index contributed by atoms with van der Waals surface area (Å²) >= 11 is 0. The van der Waals surface area contributed by atoms with Gasteiger partial charge in [0.05, 0.1) is 19.2 Å². The summed E-state index contributed by atoms with van der Waals surface area (Å²) in [4.78, 5) is 0. The molecule has 0 amide bonds. The molecule has 5 rings (SSSR count). The molecule has 0 spiro atoms. The Kier molecular flexibility index (Phi) is 3.41. The van der Waals surface area contributed by atoms with Crippen molar-refractivity contribution >= 4 is 5.95 Å². The number of methoxy groups -OCH3 is 1. The zero-order chi connectivity index (χ0) is 17.5. The van der Waals surface area contributed by atoms with Crippen LogP contribution in [0.15, 0.2) is 42.5 Å². The summed E-state index contributed by atoms with van der Waals surface area (Å²) in [7, 11) is 1.66. The van der Waals surface area contributed by atoms with E-state index in [1.807, 2.05) is 35.0 Å². The molecule has 0 bridgehead atoms. The van der Waals surface area contributed by atoms with Crippen LogP contribution in [0, 0.1) is 0 Å². The summed E-state index contributed by atoms with van der Waals surface area (Å²) in [5.41, 5.74) is 2.24. The predicted octanol–water partition coefficient (Wildman–Crippen LogP) is 2.56. The summed E-state index contributed by atoms with van der Waals surface area (Å²) in [6.07, 6.45) is 0.810. The van der Waals surface area contributed by atoms with Crippen molar-refractivity contribution in [2.24, 2.45) is 0 Å². The summed E-state index contributed by atoms with van der Waals surface area (Å²) < 4.78 is 18.0. The molecule has 0 fully saturated rings. The van der Waals surface area contributed by atoms with Crippen LogP contribution in [0.3, 0.4) is 0 Å². The number of fused-ring (bicyclic) bond motifs is 2. The number of nitrogens with one attached hydrogen (secondary N) is 1. The number of hydrogen-bond donors (Lipinski definition) is 1. The van der Waals surface area contributed by atoms with Crippen LogP contribution in [0.2, 0.25) is 0 Å². The van der Waals surface area contributed by atoms with Gasteiger partial charge in [-0.15, -0.1) is 0 Å². The predicted molar refractivity (Wildman–Crippen MR) is 92.5 cm³/mol. The Balaban J connectivity index is 1.50. The summed E-state index contributed by atoms with van der Waals surface area (Å²) in [6.45, 7) is 0.260. The van der Waals surface area contributed by atoms with E-state index in [1.54, 1.807) is 7.11 Å². The van der Waals surface area contributed by atoms with E-state index in [-0.39, 0.29) is 18.9 Å². The van der Waals surface area contributed by atoms with E-state index in [1.165, 1.54) is 0 Å². The Labute approximate surface area is 149 Å². The van der Waals surface area contributed by atoms with E-state index in [4.69, 9.17) is 14.2 Å². The van der Waals surface area contributed by atoms with Crippen LogP contribution in [0.25, 0.3) is 0 Å². The lowest BCUT2D eigenvalue weighted by molar-refractivity contribution is 0.174. The van der Waals surface area contributed by atoms with Crippen molar-refractivity contribution in [2.75, 3.05) is 19.2 Å². The average Bonchev–Trinajstić information content (AvgIpc) is 3.35. The van der Waals surface area contributed by atoms with Gasteiger partial charge in [-0.25, -0.2) is 4.68 Å². The van der Waals surface area contributed by atoms with Crippen LogP contribution in [-0.4, -0.2) is 34.1 Å². The molecule has 1 N–H and O–H groups in total. The lowest BCUT2D eigenvalue weighted by Gasteiger charge is -2.31. The van der Waals surface area contributed by atoms with Crippen LogP contribution in [0.1, 0.15) is 29.6 Å². The SMILES string of the molecule is COc1ccc([C@@H]2C[C@@H](c3ccc4c(c3)OCO4)n3nnnc3N2)cc1. The van der Waals surface area contributed by atoms with Crippen molar-refractivity contribution in [3.05, 3.63) is 53.6 Å². The van der Waals surface area contributed by atoms with Gasteiger partial charge in [0.1, 0.15) is 5.75 Å². The second kappa shape index (κ2) is 5.91. The van der Waals surface area contributed by atoms with E-state index < -0.39 is 0 Å². The van der Waals surface area contributed by atoms with Gasteiger partial charge in [0.15, 0.2) is 11.5 Å². The highest BCUT2D eigenvalue weighted by Gasteiger charge is 2.31. The van der Waals surface area contributed by atoms with Crippen LogP contribution >= 0.6 is 0 Å². The van der Waals surface area contributed by atoms with E-state index in [0.717, 1.165) is 34.8 Å². The summed E-state index contributed by atoms with van der Waals surface area (Å²) in [5, 5.41) is 15.5. The van der Waals surface area contributed by atoms with E-state index in [9.17, 15) is 0 Å². The van der Waals surface area contributed by atoms with Gasteiger partial charge in [-0.3, -0.25) is 0 Å². The maximum Gasteiger partial charge on any atom is 0.243 e. The molecule has 0 saturated carbocycles. The van der Waals surface area contributed by atoms with Crippen LogP contribution in [0.4, 0.5) is 5.95 Å². The van der Waals surface area contributed by atoms with Gasteiger partial charge in [-0.1, -0.05) is 23.3 Å². The van der Waals surface area contributed by atoms with Crippen molar-refractivity contribution in [3.63, 3.8) is 0 Å². The zero-order valence-electron chi connectivity index (χ0n) is 14.1. The number of nitrogens with zero attached hydrogens (tertiary/aromatic N) is 4. The summed E-state index contributed by atoms with van der Waals surface area (Å²) in [5.74, 6) is 3.02. The highest BCUT2D eigenvalue weighted by Crippen LogP contribution is 2.41. The lowest BCUT2D eigenvalue weighted by atomic mass is 9.93. The highest BCUT2D eigenvalue weighted by atomic mass is 16.7. The topological polar surface area (TPSA) is 83.3 Å². The molecule has 2 atom stereocenters. The Hall–Kier alpha value is -3.29. The average molecular weight is 351 g/mol. The number of ether oxygens (including phenoxy) is 3. The third kappa shape index (κ3) is 2.42. The Morgan fingerprint density at radius 3 is 2.73 bits per heavy atom. The molecule has 26 heavy (non-hydrogen) atoms. The fraction of sp³-hybridized carbons (Fsp3) is 0.278. The number of rotatable bonds is 3. The lowest BCUT2D eigenvalue weighted by Crippen LogP contribution is -2.28. The number of benzene rings is 2. The first kappa shape index (κ1) is 15.0. The second-order valence-corrected chi connectivity index (χ2v) is 6.28. The van der Waals surface area contributed by atoms with Gasteiger partial charge < -0.3 is 19.5 Å². The van der Waals surface area contributed by atoms with Crippen LogP contribution in [-0.2, 0) is 0 Å². The quantitative estimate of drug-likeness (QED) is 0.776. The van der Waals surface area contributed by atoms with E-state index in [2.05, 4.69) is 33.0 Å². The van der Waals surface area contributed by atoms with Gasteiger partial charge in [-0.2, -0.15) is 0 Å². The maximum atomic E-state index is 5.52. The number of aromatic nitrogens is 4. The molecule has 132 valence electrons. The third-order valence-electron chi connectivity index (χ3n) is 4.85. The Bertz CT molecular complexity index is 940. The normalized spacial score (nSPS) is 20.3. The first-order valence-electron chi connectivity index (χ1n) is 8.40. The molecule has 0 radical (unpaired) electrons. The Morgan fingerprint density at radius 2 is 1.88 bits per heavy atom. The van der Waals surface area contributed by atoms with Crippen molar-refractivity contribution in [1.82, 2.24) is 20.2 Å². The molecule has 2 aromatic carbocycles. The highest BCUT2D eigenvalue weighted by molar-refractivity contribution is 5.47. The number of tetrazole rings is 1. The molecule has 8 nitrogen and oxygen atoms in total. The molecule has 8 heteroatoms. The minimum atomic E-state index is 0.00264. The van der Waals surface area contributed by atoms with Gasteiger partial charge in [0, 0.05) is 0 Å². The van der Waals surface area contributed by atoms with Gasteiger partial charge in [-0.05, 0) is 52.2 Å². The first-order chi connectivity index (χ1) is 12.8. The molecule has 0 saturated heterocycles. The molecule has 2 aliphatic heterocycles. The fourth-order valence-electron chi connectivity index (χ4n) is 3.49. The second-order valence-electron chi connectivity index (χ2n) is 6.28. The molecule has 3 aromatic rings. The Morgan fingerprint density at radius 1 is 1.08 bits per heavy atom. The smallest absolute Gasteiger partial charge is 0.243 e.